The molecule has 21 heavy (non-hydrogen) atoms. The van der Waals surface area contributed by atoms with Crippen LogP contribution < -0.4 is 10.5 Å². The molecule has 0 aromatic carbocycles. The molecule has 3 heterocycles. The molecular weight excluding hydrogens is 266 g/mol. The Balaban J connectivity index is 2.10. The second kappa shape index (κ2) is 5.72. The normalized spacial score (nSPS) is 10.6. The summed E-state index contributed by atoms with van der Waals surface area (Å²) in [6.07, 6.45) is 3.46. The molecule has 3 aromatic rings. The molecule has 6 nitrogen and oxygen atoms in total. The van der Waals surface area contributed by atoms with Gasteiger partial charge in [0.25, 0.3) is 0 Å². The monoisotopic (exact) mass is 281 g/mol. The fourth-order valence-corrected chi connectivity index (χ4v) is 2.04. The van der Waals surface area contributed by atoms with Crippen LogP contribution in [-0.2, 0) is 6.54 Å². The van der Waals surface area contributed by atoms with E-state index in [2.05, 4.69) is 15.1 Å². The molecule has 0 saturated heterocycles. The Hall–Kier alpha value is -2.73. The van der Waals surface area contributed by atoms with E-state index in [0.717, 1.165) is 22.8 Å². The van der Waals surface area contributed by atoms with Crippen LogP contribution in [0.25, 0.3) is 17.1 Å². The maximum Gasteiger partial charge on any atom is 0.213 e. The van der Waals surface area contributed by atoms with Gasteiger partial charge in [0, 0.05) is 18.8 Å². The average molecular weight is 281 g/mol. The molecule has 0 saturated carbocycles. The van der Waals surface area contributed by atoms with Gasteiger partial charge in [0.15, 0.2) is 0 Å². The molecule has 0 amide bonds. The first-order valence-electron chi connectivity index (χ1n) is 6.52. The molecule has 0 unspecified atom stereocenters. The van der Waals surface area contributed by atoms with Gasteiger partial charge >= 0.3 is 0 Å². The third-order valence-corrected chi connectivity index (χ3v) is 3.07. The zero-order chi connectivity index (χ0) is 14.7. The Morgan fingerprint density at radius 1 is 1.19 bits per heavy atom. The van der Waals surface area contributed by atoms with E-state index in [-0.39, 0.29) is 0 Å². The molecule has 6 heteroatoms. The van der Waals surface area contributed by atoms with Crippen LogP contribution in [0.15, 0.2) is 48.8 Å². The van der Waals surface area contributed by atoms with Gasteiger partial charge in [-0.1, -0.05) is 6.07 Å². The molecule has 2 N–H and O–H groups in total. The van der Waals surface area contributed by atoms with Gasteiger partial charge in [0.2, 0.25) is 5.88 Å². The van der Waals surface area contributed by atoms with E-state index in [1.807, 2.05) is 30.3 Å². The minimum Gasteiger partial charge on any atom is -0.481 e. The van der Waals surface area contributed by atoms with Crippen LogP contribution in [0, 0.1) is 0 Å². The number of hydrogen-bond donors (Lipinski definition) is 1. The number of ether oxygens (including phenoxy) is 1. The number of nitrogens with two attached hydrogens (primary N) is 1. The number of methoxy groups -OCH3 is 1. The highest BCUT2D eigenvalue weighted by molar-refractivity contribution is 5.58. The van der Waals surface area contributed by atoms with Crippen molar-refractivity contribution >= 4 is 0 Å². The molecule has 3 rings (SSSR count). The zero-order valence-corrected chi connectivity index (χ0v) is 11.6. The van der Waals surface area contributed by atoms with Crippen molar-refractivity contribution in [1.82, 2.24) is 19.7 Å². The summed E-state index contributed by atoms with van der Waals surface area (Å²) in [7, 11) is 1.59. The molecule has 0 atom stereocenters. The van der Waals surface area contributed by atoms with Gasteiger partial charge in [0.05, 0.1) is 36.1 Å². The van der Waals surface area contributed by atoms with Gasteiger partial charge < -0.3 is 10.5 Å². The number of nitrogens with zero attached hydrogens (tertiary/aromatic N) is 4. The first kappa shape index (κ1) is 13.3. The van der Waals surface area contributed by atoms with Gasteiger partial charge in [-0.05, 0) is 24.3 Å². The minimum absolute atomic E-state index is 0.371. The number of pyridine rings is 2. The quantitative estimate of drug-likeness (QED) is 0.788. The fraction of sp³-hybridized carbons (Fsp3) is 0.133. The molecule has 0 aliphatic carbocycles. The lowest BCUT2D eigenvalue weighted by atomic mass is 10.2. The molecule has 0 fully saturated rings. The van der Waals surface area contributed by atoms with Gasteiger partial charge in [-0.3, -0.25) is 4.98 Å². The van der Waals surface area contributed by atoms with Crippen LogP contribution in [0.4, 0.5) is 0 Å². The van der Waals surface area contributed by atoms with Crippen LogP contribution >= 0.6 is 0 Å². The van der Waals surface area contributed by atoms with Crippen molar-refractivity contribution in [1.29, 1.82) is 0 Å². The van der Waals surface area contributed by atoms with Crippen LogP contribution in [0.5, 0.6) is 5.88 Å². The Labute approximate surface area is 122 Å². The standard InChI is InChI=1S/C15H15N5O/c1-21-15-6-5-12(10-18-15)20-14(8-11(9-16)19-20)13-4-2-3-7-17-13/h2-8,10H,9,16H2,1H3. The van der Waals surface area contributed by atoms with E-state index in [1.165, 1.54) is 0 Å². The molecule has 3 aromatic heterocycles. The van der Waals surface area contributed by atoms with Crippen molar-refractivity contribution in [2.24, 2.45) is 5.73 Å². The summed E-state index contributed by atoms with van der Waals surface area (Å²) < 4.78 is 6.86. The minimum atomic E-state index is 0.371. The zero-order valence-electron chi connectivity index (χ0n) is 11.6. The van der Waals surface area contributed by atoms with Gasteiger partial charge in [-0.2, -0.15) is 5.10 Å². The van der Waals surface area contributed by atoms with Crippen molar-refractivity contribution in [3.8, 4) is 23.0 Å². The van der Waals surface area contributed by atoms with Crippen LogP contribution in [0.2, 0.25) is 0 Å². The summed E-state index contributed by atoms with van der Waals surface area (Å²) >= 11 is 0. The van der Waals surface area contributed by atoms with E-state index in [0.29, 0.717) is 12.4 Å². The highest BCUT2D eigenvalue weighted by atomic mass is 16.5. The first-order chi connectivity index (χ1) is 10.3. The third-order valence-electron chi connectivity index (χ3n) is 3.07. The predicted molar refractivity (Wildman–Crippen MR) is 79.0 cm³/mol. The summed E-state index contributed by atoms with van der Waals surface area (Å²) in [5, 5.41) is 4.50. The molecular formula is C15H15N5O. The van der Waals surface area contributed by atoms with E-state index in [4.69, 9.17) is 10.5 Å². The lowest BCUT2D eigenvalue weighted by Crippen LogP contribution is -2.03. The SMILES string of the molecule is COc1ccc(-n2nc(CN)cc2-c2ccccn2)cn1. The third kappa shape index (κ3) is 2.61. The molecule has 0 spiro atoms. The second-order valence-corrected chi connectivity index (χ2v) is 4.41. The number of hydrogen-bond acceptors (Lipinski definition) is 5. The summed E-state index contributed by atoms with van der Waals surface area (Å²) in [5.74, 6) is 0.560. The van der Waals surface area contributed by atoms with Gasteiger partial charge in [-0.25, -0.2) is 9.67 Å². The first-order valence-corrected chi connectivity index (χ1v) is 6.52. The largest absolute Gasteiger partial charge is 0.481 e. The lowest BCUT2D eigenvalue weighted by molar-refractivity contribution is 0.397. The smallest absolute Gasteiger partial charge is 0.213 e. The van der Waals surface area contributed by atoms with Gasteiger partial charge in [-0.15, -0.1) is 0 Å². The summed E-state index contributed by atoms with van der Waals surface area (Å²) in [4.78, 5) is 8.58. The maximum atomic E-state index is 5.70. The van der Waals surface area contributed by atoms with Crippen molar-refractivity contribution in [3.63, 3.8) is 0 Å². The van der Waals surface area contributed by atoms with Crippen molar-refractivity contribution in [3.05, 3.63) is 54.5 Å². The fourth-order valence-electron chi connectivity index (χ4n) is 2.04. The maximum absolute atomic E-state index is 5.70. The molecule has 0 radical (unpaired) electrons. The van der Waals surface area contributed by atoms with E-state index >= 15 is 0 Å². The average Bonchev–Trinajstić information content (AvgIpc) is 3.00. The highest BCUT2D eigenvalue weighted by Crippen LogP contribution is 2.22. The van der Waals surface area contributed by atoms with E-state index in [9.17, 15) is 0 Å². The van der Waals surface area contributed by atoms with Crippen molar-refractivity contribution in [2.75, 3.05) is 7.11 Å². The van der Waals surface area contributed by atoms with Crippen LogP contribution in [0.1, 0.15) is 5.69 Å². The van der Waals surface area contributed by atoms with Crippen LogP contribution in [0.3, 0.4) is 0 Å². The lowest BCUT2D eigenvalue weighted by Gasteiger charge is -2.07. The van der Waals surface area contributed by atoms with E-state index in [1.54, 1.807) is 30.3 Å². The van der Waals surface area contributed by atoms with Gasteiger partial charge in [0.1, 0.15) is 0 Å². The van der Waals surface area contributed by atoms with E-state index < -0.39 is 0 Å². The number of aromatic nitrogens is 4. The van der Waals surface area contributed by atoms with Crippen molar-refractivity contribution < 1.29 is 4.74 Å². The summed E-state index contributed by atoms with van der Waals surface area (Å²) in [6, 6.07) is 11.4. The summed E-state index contributed by atoms with van der Waals surface area (Å²) in [5.41, 5.74) is 9.04. The second-order valence-electron chi connectivity index (χ2n) is 4.41. The Bertz CT molecular complexity index is 722. The van der Waals surface area contributed by atoms with Crippen LogP contribution in [-0.4, -0.2) is 26.9 Å². The summed E-state index contributed by atoms with van der Waals surface area (Å²) in [6.45, 7) is 0.371. The molecule has 0 aliphatic rings. The van der Waals surface area contributed by atoms with Crippen molar-refractivity contribution in [2.45, 2.75) is 6.54 Å². The predicted octanol–water partition coefficient (Wildman–Crippen LogP) is 1.80. The number of rotatable bonds is 4. The Morgan fingerprint density at radius 2 is 2.10 bits per heavy atom. The molecule has 106 valence electrons. The topological polar surface area (TPSA) is 78.9 Å². The Kier molecular flexibility index (Phi) is 3.61. The molecule has 0 bridgehead atoms. The highest BCUT2D eigenvalue weighted by Gasteiger charge is 2.12. The molecule has 0 aliphatic heterocycles. The Morgan fingerprint density at radius 3 is 2.71 bits per heavy atom.